The molecule has 0 N–H and O–H groups in total. The summed E-state index contributed by atoms with van der Waals surface area (Å²) >= 11 is 0. The van der Waals surface area contributed by atoms with Gasteiger partial charge >= 0.3 is 0 Å². The third-order valence-electron chi connectivity index (χ3n) is 2.44. The third-order valence-corrected chi connectivity index (χ3v) is 2.44. The number of aromatic nitrogens is 2. The van der Waals surface area contributed by atoms with Gasteiger partial charge in [0.1, 0.15) is 11.6 Å². The molecule has 0 aliphatic carbocycles. The quantitative estimate of drug-likeness (QED) is 0.788. The van der Waals surface area contributed by atoms with Crippen molar-refractivity contribution in [3.05, 3.63) is 42.5 Å². The summed E-state index contributed by atoms with van der Waals surface area (Å²) in [6.45, 7) is 2.04. The number of hydrogen-bond donors (Lipinski definition) is 0. The number of ether oxygens (including phenoxy) is 1. The van der Waals surface area contributed by atoms with E-state index in [9.17, 15) is 0 Å². The topological polar surface area (TPSA) is 35.0 Å². The Bertz CT molecular complexity index is 403. The molecule has 0 atom stereocenters. The van der Waals surface area contributed by atoms with Crippen LogP contribution >= 0.6 is 0 Å². The van der Waals surface area contributed by atoms with E-state index in [0.717, 1.165) is 29.1 Å². The van der Waals surface area contributed by atoms with E-state index in [1.54, 1.807) is 7.11 Å². The van der Waals surface area contributed by atoms with Crippen molar-refractivity contribution in [1.29, 1.82) is 0 Å². The summed E-state index contributed by atoms with van der Waals surface area (Å²) in [5, 5.41) is 0. The predicted molar refractivity (Wildman–Crippen MR) is 63.4 cm³/mol. The van der Waals surface area contributed by atoms with E-state index in [1.165, 1.54) is 0 Å². The SMILES string of the molecule is CCc1ncc(-c2ccc(OC)cc2)cn1. The Morgan fingerprint density at radius 2 is 1.62 bits per heavy atom. The molecule has 1 aromatic carbocycles. The number of hydrogen-bond acceptors (Lipinski definition) is 3. The van der Waals surface area contributed by atoms with Crippen LogP contribution in [0.25, 0.3) is 11.1 Å². The van der Waals surface area contributed by atoms with Crippen LogP contribution in [0.5, 0.6) is 5.75 Å². The van der Waals surface area contributed by atoms with E-state index in [1.807, 2.05) is 43.6 Å². The fourth-order valence-corrected chi connectivity index (χ4v) is 1.47. The van der Waals surface area contributed by atoms with Crippen molar-refractivity contribution in [2.24, 2.45) is 0 Å². The molecule has 3 nitrogen and oxygen atoms in total. The van der Waals surface area contributed by atoms with Gasteiger partial charge < -0.3 is 4.74 Å². The number of nitrogens with zero attached hydrogens (tertiary/aromatic N) is 2. The van der Waals surface area contributed by atoms with Crippen molar-refractivity contribution in [1.82, 2.24) is 9.97 Å². The largest absolute Gasteiger partial charge is 0.497 e. The second-order valence-electron chi connectivity index (χ2n) is 3.47. The zero-order valence-corrected chi connectivity index (χ0v) is 9.47. The van der Waals surface area contributed by atoms with E-state index in [-0.39, 0.29) is 0 Å². The van der Waals surface area contributed by atoms with Gasteiger partial charge in [-0.3, -0.25) is 0 Å². The molecule has 1 heterocycles. The number of methoxy groups -OCH3 is 1. The van der Waals surface area contributed by atoms with Gasteiger partial charge in [0.05, 0.1) is 7.11 Å². The molecule has 82 valence electrons. The summed E-state index contributed by atoms with van der Waals surface area (Å²) in [4.78, 5) is 8.55. The molecule has 0 fully saturated rings. The molecule has 1 aromatic heterocycles. The lowest BCUT2D eigenvalue weighted by Gasteiger charge is -2.03. The number of aryl methyl sites for hydroxylation is 1. The van der Waals surface area contributed by atoms with Crippen LogP contribution in [0.4, 0.5) is 0 Å². The molecule has 0 aliphatic heterocycles. The first kappa shape index (κ1) is 10.6. The standard InChI is InChI=1S/C13H14N2O/c1-3-13-14-8-11(9-15-13)10-4-6-12(16-2)7-5-10/h4-9H,3H2,1-2H3. The summed E-state index contributed by atoms with van der Waals surface area (Å²) < 4.78 is 5.11. The van der Waals surface area contributed by atoms with Gasteiger partial charge in [-0.15, -0.1) is 0 Å². The molecule has 0 amide bonds. The maximum absolute atomic E-state index is 5.11. The summed E-state index contributed by atoms with van der Waals surface area (Å²) in [6, 6.07) is 7.87. The Hall–Kier alpha value is -1.90. The second kappa shape index (κ2) is 4.75. The number of rotatable bonds is 3. The van der Waals surface area contributed by atoms with E-state index >= 15 is 0 Å². The van der Waals surface area contributed by atoms with Crippen molar-refractivity contribution in [2.75, 3.05) is 7.11 Å². The highest BCUT2D eigenvalue weighted by atomic mass is 16.5. The first-order valence-corrected chi connectivity index (χ1v) is 5.29. The van der Waals surface area contributed by atoms with E-state index < -0.39 is 0 Å². The maximum Gasteiger partial charge on any atom is 0.127 e. The molecular formula is C13H14N2O. The Morgan fingerprint density at radius 3 is 2.12 bits per heavy atom. The van der Waals surface area contributed by atoms with Crippen molar-refractivity contribution in [2.45, 2.75) is 13.3 Å². The van der Waals surface area contributed by atoms with E-state index in [0.29, 0.717) is 0 Å². The van der Waals surface area contributed by atoms with Crippen molar-refractivity contribution in [3.8, 4) is 16.9 Å². The summed E-state index contributed by atoms with van der Waals surface area (Å²) in [5.74, 6) is 1.73. The summed E-state index contributed by atoms with van der Waals surface area (Å²) in [6.07, 6.45) is 4.57. The van der Waals surface area contributed by atoms with Gasteiger partial charge in [-0.05, 0) is 17.7 Å². The van der Waals surface area contributed by atoms with Crippen molar-refractivity contribution < 1.29 is 4.74 Å². The summed E-state index contributed by atoms with van der Waals surface area (Å²) in [7, 11) is 1.66. The van der Waals surface area contributed by atoms with Gasteiger partial charge in [0, 0.05) is 24.4 Å². The maximum atomic E-state index is 5.11. The molecule has 2 aromatic rings. The molecule has 0 aliphatic rings. The first-order valence-electron chi connectivity index (χ1n) is 5.29. The minimum Gasteiger partial charge on any atom is -0.497 e. The lowest BCUT2D eigenvalue weighted by atomic mass is 10.1. The van der Waals surface area contributed by atoms with Crippen LogP contribution < -0.4 is 4.74 Å². The smallest absolute Gasteiger partial charge is 0.127 e. The van der Waals surface area contributed by atoms with Crippen molar-refractivity contribution in [3.63, 3.8) is 0 Å². The Labute approximate surface area is 95.1 Å². The minimum absolute atomic E-state index is 0.856. The highest BCUT2D eigenvalue weighted by Crippen LogP contribution is 2.20. The Morgan fingerprint density at radius 1 is 1.00 bits per heavy atom. The van der Waals surface area contributed by atoms with Gasteiger partial charge in [0.15, 0.2) is 0 Å². The molecule has 16 heavy (non-hydrogen) atoms. The Kier molecular flexibility index (Phi) is 3.15. The normalized spacial score (nSPS) is 10.1. The van der Waals surface area contributed by atoms with Gasteiger partial charge in [0.2, 0.25) is 0 Å². The summed E-state index contributed by atoms with van der Waals surface area (Å²) in [5.41, 5.74) is 2.13. The van der Waals surface area contributed by atoms with Crippen LogP contribution in [0.1, 0.15) is 12.7 Å². The van der Waals surface area contributed by atoms with E-state index in [2.05, 4.69) is 9.97 Å². The van der Waals surface area contributed by atoms with Crippen LogP contribution in [0, 0.1) is 0 Å². The van der Waals surface area contributed by atoms with Crippen LogP contribution in [0.2, 0.25) is 0 Å². The monoisotopic (exact) mass is 214 g/mol. The fourth-order valence-electron chi connectivity index (χ4n) is 1.47. The highest BCUT2D eigenvalue weighted by molar-refractivity contribution is 5.62. The molecule has 0 radical (unpaired) electrons. The molecule has 0 saturated carbocycles. The number of benzene rings is 1. The second-order valence-corrected chi connectivity index (χ2v) is 3.47. The third kappa shape index (κ3) is 2.19. The average molecular weight is 214 g/mol. The fraction of sp³-hybridized carbons (Fsp3) is 0.231. The molecule has 0 bridgehead atoms. The molecule has 3 heteroatoms. The van der Waals surface area contributed by atoms with Crippen LogP contribution in [0.15, 0.2) is 36.7 Å². The molecule has 0 spiro atoms. The van der Waals surface area contributed by atoms with Crippen LogP contribution in [0.3, 0.4) is 0 Å². The van der Waals surface area contributed by atoms with Crippen molar-refractivity contribution >= 4 is 0 Å². The zero-order valence-electron chi connectivity index (χ0n) is 9.47. The lowest BCUT2D eigenvalue weighted by Crippen LogP contribution is -1.92. The van der Waals surface area contributed by atoms with Crippen LogP contribution in [-0.4, -0.2) is 17.1 Å². The molecular weight excluding hydrogens is 200 g/mol. The van der Waals surface area contributed by atoms with Crippen LogP contribution in [-0.2, 0) is 6.42 Å². The molecule has 0 unspecified atom stereocenters. The lowest BCUT2D eigenvalue weighted by molar-refractivity contribution is 0.415. The predicted octanol–water partition coefficient (Wildman–Crippen LogP) is 2.71. The zero-order chi connectivity index (χ0) is 11.4. The van der Waals surface area contributed by atoms with Gasteiger partial charge in [-0.25, -0.2) is 9.97 Å². The first-order chi connectivity index (χ1) is 7.83. The van der Waals surface area contributed by atoms with Gasteiger partial charge in [0.25, 0.3) is 0 Å². The average Bonchev–Trinajstić information content (AvgIpc) is 2.39. The van der Waals surface area contributed by atoms with Gasteiger partial charge in [-0.1, -0.05) is 19.1 Å². The minimum atomic E-state index is 0.856. The molecule has 0 saturated heterocycles. The van der Waals surface area contributed by atoms with Gasteiger partial charge in [-0.2, -0.15) is 0 Å². The Balaban J connectivity index is 2.28. The molecule has 2 rings (SSSR count). The highest BCUT2D eigenvalue weighted by Gasteiger charge is 1.99. The van der Waals surface area contributed by atoms with E-state index in [4.69, 9.17) is 4.74 Å².